The van der Waals surface area contributed by atoms with Crippen molar-refractivity contribution in [2.45, 2.75) is 19.1 Å². The highest BCUT2D eigenvalue weighted by molar-refractivity contribution is 6.00. The third kappa shape index (κ3) is 6.04. The lowest BCUT2D eigenvalue weighted by Crippen LogP contribution is -2.47. The van der Waals surface area contributed by atoms with E-state index in [1.54, 1.807) is 12.4 Å². The summed E-state index contributed by atoms with van der Waals surface area (Å²) in [5.74, 6) is -0.474. The molecular formula is C25H23N5O3. The minimum Gasteiger partial charge on any atom is -0.445 e. The summed E-state index contributed by atoms with van der Waals surface area (Å²) >= 11 is 0. The lowest BCUT2D eigenvalue weighted by Gasteiger charge is -2.16. The lowest BCUT2D eigenvalue weighted by atomic mass is 10.1. The predicted octanol–water partition coefficient (Wildman–Crippen LogP) is 3.55. The molecule has 0 radical (unpaired) electrons. The minimum absolute atomic E-state index is 0.101. The van der Waals surface area contributed by atoms with Gasteiger partial charge in [-0.25, -0.2) is 15.2 Å². The number of nitrogens with one attached hydrogen (secondary N) is 3. The molecule has 0 fully saturated rings. The molecule has 3 N–H and O–H groups in total. The van der Waals surface area contributed by atoms with Crippen LogP contribution in [0, 0.1) is 0 Å². The van der Waals surface area contributed by atoms with Gasteiger partial charge in [0.2, 0.25) is 0 Å². The number of carbonyl (C=O) groups excluding carboxylic acids is 2. The van der Waals surface area contributed by atoms with Crippen LogP contribution in [0.1, 0.15) is 16.8 Å². The molecule has 3 aromatic carbocycles. The number of hydrazone groups is 1. The fourth-order valence-electron chi connectivity index (χ4n) is 3.34. The lowest BCUT2D eigenvalue weighted by molar-refractivity contribution is -0.123. The molecule has 0 aliphatic rings. The molecule has 4 rings (SSSR count). The molecule has 4 aromatic rings. The van der Waals surface area contributed by atoms with E-state index < -0.39 is 18.0 Å². The number of amides is 2. The van der Waals surface area contributed by atoms with Crippen molar-refractivity contribution in [1.29, 1.82) is 0 Å². The summed E-state index contributed by atoms with van der Waals surface area (Å²) in [7, 11) is 0. The molecule has 166 valence electrons. The van der Waals surface area contributed by atoms with Gasteiger partial charge in [-0.3, -0.25) is 4.79 Å². The Bertz CT molecular complexity index is 1230. The Morgan fingerprint density at radius 2 is 1.82 bits per heavy atom. The average molecular weight is 441 g/mol. The summed E-state index contributed by atoms with van der Waals surface area (Å²) in [6.45, 7) is 0.101. The van der Waals surface area contributed by atoms with Crippen LogP contribution < -0.4 is 10.7 Å². The van der Waals surface area contributed by atoms with Crippen LogP contribution in [-0.2, 0) is 22.6 Å². The summed E-state index contributed by atoms with van der Waals surface area (Å²) in [5.41, 5.74) is 4.92. The number of fused-ring (bicyclic) bond motifs is 1. The molecule has 1 heterocycles. The van der Waals surface area contributed by atoms with E-state index in [2.05, 4.69) is 25.8 Å². The zero-order valence-corrected chi connectivity index (χ0v) is 17.8. The van der Waals surface area contributed by atoms with Crippen molar-refractivity contribution in [3.63, 3.8) is 0 Å². The Kier molecular flexibility index (Phi) is 7.07. The van der Waals surface area contributed by atoms with Crippen LogP contribution in [0.15, 0.2) is 90.4 Å². The van der Waals surface area contributed by atoms with Crippen LogP contribution in [0.25, 0.3) is 10.8 Å². The minimum atomic E-state index is -0.904. The third-order valence-electron chi connectivity index (χ3n) is 5.00. The second-order valence-corrected chi connectivity index (χ2v) is 7.34. The van der Waals surface area contributed by atoms with Gasteiger partial charge in [0, 0.05) is 23.9 Å². The number of nitrogens with zero attached hydrogens (tertiary/aromatic N) is 2. The summed E-state index contributed by atoms with van der Waals surface area (Å²) in [4.78, 5) is 32.0. The van der Waals surface area contributed by atoms with E-state index in [-0.39, 0.29) is 13.0 Å². The summed E-state index contributed by atoms with van der Waals surface area (Å²) in [6, 6.07) is 22.2. The van der Waals surface area contributed by atoms with Crippen molar-refractivity contribution in [1.82, 2.24) is 20.7 Å². The van der Waals surface area contributed by atoms with Crippen LogP contribution in [-0.4, -0.2) is 34.2 Å². The molecule has 0 aliphatic carbocycles. The van der Waals surface area contributed by atoms with E-state index in [9.17, 15) is 9.59 Å². The van der Waals surface area contributed by atoms with Crippen molar-refractivity contribution < 1.29 is 14.3 Å². The molecule has 0 saturated heterocycles. The third-order valence-corrected chi connectivity index (χ3v) is 5.00. The van der Waals surface area contributed by atoms with Gasteiger partial charge in [-0.2, -0.15) is 5.10 Å². The van der Waals surface area contributed by atoms with Gasteiger partial charge in [0.1, 0.15) is 12.6 Å². The number of carbonyl (C=O) groups is 2. The number of benzene rings is 3. The van der Waals surface area contributed by atoms with E-state index in [4.69, 9.17) is 4.74 Å². The highest BCUT2D eigenvalue weighted by Gasteiger charge is 2.22. The topological polar surface area (TPSA) is 108 Å². The fraction of sp³-hybridized carbons (Fsp3) is 0.120. The van der Waals surface area contributed by atoms with Crippen molar-refractivity contribution in [3.8, 4) is 0 Å². The van der Waals surface area contributed by atoms with Crippen LogP contribution in [0.2, 0.25) is 0 Å². The van der Waals surface area contributed by atoms with Gasteiger partial charge in [0.15, 0.2) is 0 Å². The van der Waals surface area contributed by atoms with Crippen molar-refractivity contribution >= 4 is 29.0 Å². The molecule has 0 unspecified atom stereocenters. The Hall–Kier alpha value is -4.46. The molecule has 1 aromatic heterocycles. The number of H-pyrrole nitrogens is 1. The highest BCUT2D eigenvalue weighted by atomic mass is 16.5. The number of hydrogen-bond acceptors (Lipinski definition) is 5. The molecule has 2 amide bonds. The first kappa shape index (κ1) is 21.8. The van der Waals surface area contributed by atoms with E-state index in [1.165, 1.54) is 6.33 Å². The molecular weight excluding hydrogens is 418 g/mol. The summed E-state index contributed by atoms with van der Waals surface area (Å²) in [6.07, 6.45) is 4.20. The monoisotopic (exact) mass is 441 g/mol. The Morgan fingerprint density at radius 3 is 2.64 bits per heavy atom. The van der Waals surface area contributed by atoms with Crippen LogP contribution >= 0.6 is 0 Å². The number of aromatic amines is 1. The van der Waals surface area contributed by atoms with Gasteiger partial charge >= 0.3 is 6.09 Å². The summed E-state index contributed by atoms with van der Waals surface area (Å²) in [5, 5.41) is 8.81. The molecule has 0 saturated carbocycles. The normalized spacial score (nSPS) is 11.9. The van der Waals surface area contributed by atoms with Gasteiger partial charge in [0.05, 0.1) is 12.5 Å². The number of imidazole rings is 1. The maximum atomic E-state index is 12.8. The largest absolute Gasteiger partial charge is 0.445 e. The average Bonchev–Trinajstić information content (AvgIpc) is 3.36. The number of ether oxygens (including phenoxy) is 1. The fourth-order valence-corrected chi connectivity index (χ4v) is 3.34. The number of rotatable bonds is 8. The maximum absolute atomic E-state index is 12.8. The van der Waals surface area contributed by atoms with E-state index >= 15 is 0 Å². The number of aromatic nitrogens is 2. The molecule has 8 heteroatoms. The zero-order chi connectivity index (χ0) is 22.9. The summed E-state index contributed by atoms with van der Waals surface area (Å²) < 4.78 is 5.26. The molecule has 8 nitrogen and oxygen atoms in total. The Labute approximate surface area is 190 Å². The van der Waals surface area contributed by atoms with E-state index in [1.807, 2.05) is 72.8 Å². The second-order valence-electron chi connectivity index (χ2n) is 7.34. The van der Waals surface area contributed by atoms with Gasteiger partial charge in [-0.05, 0) is 16.3 Å². The quantitative estimate of drug-likeness (QED) is 0.287. The standard InChI is InChI=1S/C25H23N5O3/c31-24(30-28-14-20-11-6-10-19-9-4-5-12-22(19)20)23(13-21-15-26-17-27-21)29-25(32)33-16-18-7-2-1-3-8-18/h1-12,14-15,17,23H,13,16H2,(H,26,27)(H,29,32)(H,30,31)/b28-14-/t23-/m1/s1. The van der Waals surface area contributed by atoms with Crippen molar-refractivity contribution in [2.24, 2.45) is 5.10 Å². The van der Waals surface area contributed by atoms with Crippen molar-refractivity contribution in [2.75, 3.05) is 0 Å². The van der Waals surface area contributed by atoms with Crippen LogP contribution in [0.4, 0.5) is 4.79 Å². The van der Waals surface area contributed by atoms with Crippen LogP contribution in [0.3, 0.4) is 0 Å². The highest BCUT2D eigenvalue weighted by Crippen LogP contribution is 2.16. The van der Waals surface area contributed by atoms with Crippen LogP contribution in [0.5, 0.6) is 0 Å². The molecule has 0 bridgehead atoms. The van der Waals surface area contributed by atoms with Gasteiger partial charge in [-0.15, -0.1) is 0 Å². The van der Waals surface area contributed by atoms with Gasteiger partial charge < -0.3 is 15.0 Å². The zero-order valence-electron chi connectivity index (χ0n) is 17.8. The van der Waals surface area contributed by atoms with E-state index in [0.717, 1.165) is 21.9 Å². The predicted molar refractivity (Wildman–Crippen MR) is 126 cm³/mol. The maximum Gasteiger partial charge on any atom is 0.408 e. The van der Waals surface area contributed by atoms with Gasteiger partial charge in [-0.1, -0.05) is 72.8 Å². The molecule has 0 aliphatic heterocycles. The van der Waals surface area contributed by atoms with E-state index in [0.29, 0.717) is 5.69 Å². The Balaban J connectivity index is 1.40. The number of hydrogen-bond donors (Lipinski definition) is 3. The first-order valence-electron chi connectivity index (χ1n) is 10.4. The molecule has 33 heavy (non-hydrogen) atoms. The SMILES string of the molecule is O=C(N[C@H](Cc1cnc[nH]1)C(=O)N/N=C\c1cccc2ccccc12)OCc1ccccc1. The van der Waals surface area contributed by atoms with Gasteiger partial charge in [0.25, 0.3) is 5.91 Å². The Morgan fingerprint density at radius 1 is 1.03 bits per heavy atom. The van der Waals surface area contributed by atoms with Crippen molar-refractivity contribution in [3.05, 3.63) is 102 Å². The molecule has 0 spiro atoms. The first-order valence-corrected chi connectivity index (χ1v) is 10.4. The number of alkyl carbamates (subject to hydrolysis) is 1. The second kappa shape index (κ2) is 10.7. The first-order chi connectivity index (χ1) is 16.2. The smallest absolute Gasteiger partial charge is 0.408 e. The molecule has 1 atom stereocenters.